The number of carbonyl (C=O) groups is 1. The third-order valence-corrected chi connectivity index (χ3v) is 18.8. The summed E-state index contributed by atoms with van der Waals surface area (Å²) in [5.41, 5.74) is -3.84. The molecular weight excluding hydrogens is 591 g/mol. The van der Waals surface area contributed by atoms with Gasteiger partial charge in [0.2, 0.25) is 5.82 Å². The third-order valence-electron chi connectivity index (χ3n) is 9.91. The molecule has 4 atom stereocenters. The third kappa shape index (κ3) is 6.18. The molecule has 1 aromatic carbocycles. The van der Waals surface area contributed by atoms with E-state index in [0.29, 0.717) is 10.8 Å². The molecule has 1 aliphatic carbocycles. The van der Waals surface area contributed by atoms with Crippen LogP contribution in [0.2, 0.25) is 36.3 Å². The molecule has 1 saturated carbocycles. The predicted molar refractivity (Wildman–Crippen MR) is 167 cm³/mol. The summed E-state index contributed by atoms with van der Waals surface area (Å²) in [6, 6.07) is 7.60. The van der Waals surface area contributed by atoms with Crippen molar-refractivity contribution in [3.8, 4) is 0 Å². The van der Waals surface area contributed by atoms with Crippen molar-refractivity contribution in [3.63, 3.8) is 0 Å². The normalized spacial score (nSPS) is 25.3. The Bertz CT molecular complexity index is 1470. The Kier molecular flexibility index (Phi) is 8.82. The Morgan fingerprint density at radius 1 is 1.00 bits per heavy atom. The van der Waals surface area contributed by atoms with Crippen molar-refractivity contribution in [2.45, 2.75) is 115 Å². The van der Waals surface area contributed by atoms with E-state index in [-0.39, 0.29) is 32.7 Å². The van der Waals surface area contributed by atoms with Gasteiger partial charge in [-0.2, -0.15) is 8.96 Å². The van der Waals surface area contributed by atoms with E-state index in [4.69, 9.17) is 13.6 Å². The van der Waals surface area contributed by atoms with Gasteiger partial charge in [-0.1, -0.05) is 59.7 Å². The van der Waals surface area contributed by atoms with Gasteiger partial charge >= 0.3 is 5.69 Å². The second kappa shape index (κ2) is 11.3. The maximum atomic E-state index is 16.9. The van der Waals surface area contributed by atoms with Crippen LogP contribution < -0.4 is 11.2 Å². The summed E-state index contributed by atoms with van der Waals surface area (Å²) in [6.45, 7) is 20.8. The van der Waals surface area contributed by atoms with Crippen LogP contribution in [0.3, 0.4) is 0 Å². The van der Waals surface area contributed by atoms with Crippen LogP contribution in [0.4, 0.5) is 8.78 Å². The van der Waals surface area contributed by atoms with E-state index in [1.807, 2.05) is 13.1 Å². The molecule has 0 N–H and O–H groups in total. The number of carbonyl (C=O) groups excluding carboxylic acids is 1. The minimum Gasteiger partial charge on any atom is -0.414 e. The fourth-order valence-electron chi connectivity index (χ4n) is 4.90. The van der Waals surface area contributed by atoms with Crippen molar-refractivity contribution in [3.05, 3.63) is 68.7 Å². The van der Waals surface area contributed by atoms with Gasteiger partial charge in [-0.3, -0.25) is 14.2 Å². The number of hydrogen-bond acceptors (Lipinski definition) is 6. The van der Waals surface area contributed by atoms with Gasteiger partial charge in [0, 0.05) is 5.56 Å². The summed E-state index contributed by atoms with van der Waals surface area (Å²) in [7, 11) is -4.94. The maximum absolute atomic E-state index is 16.9. The molecule has 4 rings (SSSR count). The minimum absolute atomic E-state index is 0.0113. The summed E-state index contributed by atoms with van der Waals surface area (Å²) in [4.78, 5) is 39.7. The number of halogens is 2. The van der Waals surface area contributed by atoms with Gasteiger partial charge < -0.3 is 13.6 Å². The molecule has 238 valence electrons. The Morgan fingerprint density at radius 2 is 1.56 bits per heavy atom. The van der Waals surface area contributed by atoms with Crippen LogP contribution in [0.5, 0.6) is 0 Å². The van der Waals surface area contributed by atoms with Gasteiger partial charge in [-0.15, -0.1) is 0 Å². The molecule has 1 aliphatic heterocycles. The zero-order chi connectivity index (χ0) is 32.3. The van der Waals surface area contributed by atoms with Gasteiger partial charge in [0.05, 0.1) is 12.8 Å². The Balaban J connectivity index is 1.85. The topological polar surface area (TPSA) is 88.8 Å². The van der Waals surface area contributed by atoms with Crippen LogP contribution in [-0.4, -0.2) is 56.2 Å². The monoisotopic (exact) mass is 636 g/mol. The van der Waals surface area contributed by atoms with E-state index < -0.39 is 63.7 Å². The summed E-state index contributed by atoms with van der Waals surface area (Å²) < 4.78 is 52.9. The Hall–Kier alpha value is -2.26. The van der Waals surface area contributed by atoms with Crippen molar-refractivity contribution in [2.75, 3.05) is 6.61 Å². The van der Waals surface area contributed by atoms with Crippen molar-refractivity contribution < 1.29 is 27.2 Å². The molecule has 8 nitrogen and oxygen atoms in total. The molecule has 12 heteroatoms. The molecule has 43 heavy (non-hydrogen) atoms. The van der Waals surface area contributed by atoms with E-state index in [0.717, 1.165) is 12.8 Å². The molecule has 0 spiro atoms. The molecule has 2 fully saturated rings. The SMILES string of the molecule is CC(C)(C)[Si](C)(C)OC[C@@]1(C2CC2)O[C@@H](n2cc(F)c(=O)n(C(=O)c3ccccc3)c2=O)[C@@H](F)[C@@H]1O[Si](C)(C)C(C)(C)C. The van der Waals surface area contributed by atoms with E-state index in [2.05, 4.69) is 54.6 Å². The molecule has 0 amide bonds. The highest BCUT2D eigenvalue weighted by Gasteiger charge is 2.65. The largest absolute Gasteiger partial charge is 0.414 e. The number of aromatic nitrogens is 2. The number of nitrogens with zero attached hydrogens (tertiary/aromatic N) is 2. The molecule has 1 aromatic heterocycles. The fraction of sp³-hybridized carbons (Fsp3) is 0.645. The van der Waals surface area contributed by atoms with E-state index in [1.165, 1.54) is 12.1 Å². The van der Waals surface area contributed by atoms with Gasteiger partial charge in [-0.25, -0.2) is 9.18 Å². The van der Waals surface area contributed by atoms with Crippen molar-refractivity contribution in [2.24, 2.45) is 5.92 Å². The van der Waals surface area contributed by atoms with Gasteiger partial charge in [0.25, 0.3) is 11.5 Å². The zero-order valence-electron chi connectivity index (χ0n) is 27.0. The average Bonchev–Trinajstić information content (AvgIpc) is 3.72. The average molecular weight is 637 g/mol. The second-order valence-electron chi connectivity index (χ2n) is 15.0. The lowest BCUT2D eigenvalue weighted by Crippen LogP contribution is -2.57. The highest BCUT2D eigenvalue weighted by molar-refractivity contribution is 6.74. The van der Waals surface area contributed by atoms with Gasteiger partial charge in [-0.05, 0) is 67.2 Å². The Morgan fingerprint density at radius 3 is 2.07 bits per heavy atom. The molecule has 2 aliphatic rings. The standard InChI is InChI=1S/C31H46F2N2O6Si2/c1-29(2,3)42(7,8)39-19-31(21-16-17-21)24(41-43(9,10)30(4,5)6)23(33)27(40-31)34-18-22(32)26(37)35(28(34)38)25(36)20-14-12-11-13-15-20/h11-15,18,21,23-24,27H,16-17,19H2,1-10H3/t23-,24-,27+,31-/m0/s1. The highest BCUT2D eigenvalue weighted by atomic mass is 28.4. The number of benzene rings is 1. The summed E-state index contributed by atoms with van der Waals surface area (Å²) >= 11 is 0. The Labute approximate surface area is 254 Å². The first-order valence-corrected chi connectivity index (χ1v) is 20.7. The second-order valence-corrected chi connectivity index (χ2v) is 24.6. The van der Waals surface area contributed by atoms with Crippen molar-refractivity contribution in [1.82, 2.24) is 9.13 Å². The van der Waals surface area contributed by atoms with Gasteiger partial charge in [0.1, 0.15) is 11.7 Å². The smallest absolute Gasteiger partial charge is 0.340 e. The quantitative estimate of drug-likeness (QED) is 0.318. The molecule has 2 heterocycles. The summed E-state index contributed by atoms with van der Waals surface area (Å²) in [6.07, 6.45) is -2.52. The molecule has 0 bridgehead atoms. The number of rotatable bonds is 8. The first-order chi connectivity index (χ1) is 19.6. The van der Waals surface area contributed by atoms with Crippen LogP contribution >= 0.6 is 0 Å². The molecule has 2 aromatic rings. The number of alkyl halides is 1. The molecule has 1 saturated heterocycles. The zero-order valence-corrected chi connectivity index (χ0v) is 29.0. The van der Waals surface area contributed by atoms with E-state index in [1.54, 1.807) is 18.2 Å². The summed E-state index contributed by atoms with van der Waals surface area (Å²) in [5, 5.41) is -0.396. The first-order valence-electron chi connectivity index (χ1n) is 14.9. The van der Waals surface area contributed by atoms with Crippen LogP contribution in [0.15, 0.2) is 46.1 Å². The van der Waals surface area contributed by atoms with Crippen LogP contribution in [0.25, 0.3) is 0 Å². The van der Waals surface area contributed by atoms with Crippen LogP contribution in [-0.2, 0) is 13.6 Å². The lowest BCUT2D eigenvalue weighted by molar-refractivity contribution is -0.136. The molecule has 0 unspecified atom stereocenters. The lowest BCUT2D eigenvalue weighted by atomic mass is 9.91. The van der Waals surface area contributed by atoms with E-state index in [9.17, 15) is 14.4 Å². The molecular formula is C31H46F2N2O6Si2. The fourth-order valence-corrected chi connectivity index (χ4v) is 7.24. The maximum Gasteiger partial charge on any atom is 0.340 e. The van der Waals surface area contributed by atoms with Crippen molar-refractivity contribution in [1.29, 1.82) is 0 Å². The minimum atomic E-state index is -2.60. The van der Waals surface area contributed by atoms with Crippen LogP contribution in [0.1, 0.15) is 71.0 Å². The van der Waals surface area contributed by atoms with Crippen LogP contribution in [0, 0.1) is 11.7 Å². The van der Waals surface area contributed by atoms with Crippen molar-refractivity contribution >= 4 is 22.5 Å². The lowest BCUT2D eigenvalue weighted by Gasteiger charge is -2.45. The van der Waals surface area contributed by atoms with E-state index >= 15 is 8.78 Å². The predicted octanol–water partition coefficient (Wildman–Crippen LogP) is 6.27. The number of ether oxygens (including phenoxy) is 1. The number of hydrogen-bond donors (Lipinski definition) is 0. The molecule has 0 radical (unpaired) electrons. The van der Waals surface area contributed by atoms with Gasteiger partial charge in [0.15, 0.2) is 29.0 Å². The first kappa shape index (κ1) is 33.6. The summed E-state index contributed by atoms with van der Waals surface area (Å²) in [5.74, 6) is -2.49. The highest BCUT2D eigenvalue weighted by Crippen LogP contribution is 2.55.